The van der Waals surface area contributed by atoms with Crippen molar-refractivity contribution in [3.63, 3.8) is 0 Å². The molecule has 0 heterocycles. The highest BCUT2D eigenvalue weighted by molar-refractivity contribution is 5.82. The molecule has 6 nitrogen and oxygen atoms in total. The summed E-state index contributed by atoms with van der Waals surface area (Å²) in [5.41, 5.74) is 0. The quantitative estimate of drug-likeness (QED) is 0.686. The first-order valence-corrected chi connectivity index (χ1v) is 6.19. The molecule has 6 heteroatoms. The molecule has 18 heavy (non-hydrogen) atoms. The lowest BCUT2D eigenvalue weighted by molar-refractivity contribution is -0.139. The molecule has 0 aromatic heterocycles. The molecule has 0 aromatic carbocycles. The molecule has 0 bridgehead atoms. The Balaban J connectivity index is 4.41. The number of aliphatic carboxylic acids is 1. The predicted octanol–water partition coefficient (Wildman–Crippen LogP) is 1.16. The molecule has 0 rings (SSSR count). The first-order chi connectivity index (χ1) is 8.42. The van der Waals surface area contributed by atoms with E-state index in [1.165, 1.54) is 4.90 Å². The van der Waals surface area contributed by atoms with E-state index in [1.54, 1.807) is 7.11 Å². The molecule has 2 N–H and O–H groups in total. The van der Waals surface area contributed by atoms with Crippen molar-refractivity contribution in [2.75, 3.05) is 26.8 Å². The highest BCUT2D eigenvalue weighted by atomic mass is 16.5. The van der Waals surface area contributed by atoms with E-state index in [2.05, 4.69) is 5.32 Å². The molecular formula is C12H24N2O4. The number of carboxylic acid groups (broad SMARTS) is 1. The van der Waals surface area contributed by atoms with Gasteiger partial charge in [0.15, 0.2) is 0 Å². The van der Waals surface area contributed by atoms with E-state index < -0.39 is 12.0 Å². The summed E-state index contributed by atoms with van der Waals surface area (Å²) in [6.45, 7) is 7.09. The third-order valence-electron chi connectivity index (χ3n) is 2.54. The first-order valence-electron chi connectivity index (χ1n) is 6.19. The molecule has 0 aliphatic rings. The van der Waals surface area contributed by atoms with Gasteiger partial charge in [-0.15, -0.1) is 0 Å². The minimum Gasteiger partial charge on any atom is -0.480 e. The van der Waals surface area contributed by atoms with Crippen LogP contribution in [0.2, 0.25) is 0 Å². The molecule has 0 spiro atoms. The van der Waals surface area contributed by atoms with Crippen LogP contribution in [-0.4, -0.2) is 54.9 Å². The summed E-state index contributed by atoms with van der Waals surface area (Å²) in [7, 11) is 1.56. The van der Waals surface area contributed by atoms with E-state index in [9.17, 15) is 9.59 Å². The van der Waals surface area contributed by atoms with Crippen LogP contribution in [0, 0.1) is 5.92 Å². The summed E-state index contributed by atoms with van der Waals surface area (Å²) in [6, 6.07) is -1.20. The number of hydrogen-bond donors (Lipinski definition) is 2. The molecule has 0 saturated carbocycles. The normalized spacial score (nSPS) is 12.3. The monoisotopic (exact) mass is 260 g/mol. The van der Waals surface area contributed by atoms with E-state index in [1.807, 2.05) is 20.8 Å². The SMILES string of the molecule is CCN(CCOC)C(=O)NC(CC(C)C)C(=O)O. The number of carbonyl (C=O) groups excluding carboxylic acids is 1. The Morgan fingerprint density at radius 3 is 2.39 bits per heavy atom. The molecule has 0 aromatic rings. The maximum absolute atomic E-state index is 11.9. The fourth-order valence-corrected chi connectivity index (χ4v) is 1.54. The maximum Gasteiger partial charge on any atom is 0.326 e. The van der Waals surface area contributed by atoms with Crippen LogP contribution >= 0.6 is 0 Å². The van der Waals surface area contributed by atoms with E-state index in [4.69, 9.17) is 9.84 Å². The second-order valence-electron chi connectivity index (χ2n) is 4.54. The lowest BCUT2D eigenvalue weighted by atomic mass is 10.0. The molecule has 0 radical (unpaired) electrons. The minimum atomic E-state index is -1.00. The fraction of sp³-hybridized carbons (Fsp3) is 0.833. The number of carboxylic acids is 1. The zero-order chi connectivity index (χ0) is 14.1. The van der Waals surface area contributed by atoms with Gasteiger partial charge in [-0.2, -0.15) is 0 Å². The van der Waals surface area contributed by atoms with Gasteiger partial charge in [-0.25, -0.2) is 9.59 Å². The summed E-state index contributed by atoms with van der Waals surface area (Å²) < 4.78 is 4.90. The number of nitrogens with zero attached hydrogens (tertiary/aromatic N) is 1. The Hall–Kier alpha value is -1.30. The van der Waals surface area contributed by atoms with Crippen LogP contribution in [0.3, 0.4) is 0 Å². The van der Waals surface area contributed by atoms with Crippen LogP contribution in [0.5, 0.6) is 0 Å². The maximum atomic E-state index is 11.9. The number of urea groups is 1. The van der Waals surface area contributed by atoms with Crippen LogP contribution in [0.4, 0.5) is 4.79 Å². The van der Waals surface area contributed by atoms with Crippen molar-refractivity contribution in [3.05, 3.63) is 0 Å². The number of methoxy groups -OCH3 is 1. The molecule has 2 amide bonds. The van der Waals surface area contributed by atoms with Gasteiger partial charge in [0, 0.05) is 20.2 Å². The van der Waals surface area contributed by atoms with Gasteiger partial charge in [0.2, 0.25) is 0 Å². The molecule has 1 unspecified atom stereocenters. The second kappa shape index (κ2) is 8.74. The molecule has 0 aliphatic carbocycles. The topological polar surface area (TPSA) is 78.9 Å². The van der Waals surface area contributed by atoms with Crippen LogP contribution in [-0.2, 0) is 9.53 Å². The van der Waals surface area contributed by atoms with Gasteiger partial charge in [0.1, 0.15) is 6.04 Å². The highest BCUT2D eigenvalue weighted by Gasteiger charge is 2.23. The standard InChI is InChI=1S/C12H24N2O4/c1-5-14(6-7-18-4)12(17)13-10(11(15)16)8-9(2)3/h9-10H,5-8H2,1-4H3,(H,13,17)(H,15,16). The van der Waals surface area contributed by atoms with Crippen molar-refractivity contribution in [1.29, 1.82) is 0 Å². The molecular weight excluding hydrogens is 236 g/mol. The smallest absolute Gasteiger partial charge is 0.326 e. The molecule has 106 valence electrons. The molecule has 0 saturated heterocycles. The summed E-state index contributed by atoms with van der Waals surface area (Å²) in [4.78, 5) is 24.4. The van der Waals surface area contributed by atoms with Crippen molar-refractivity contribution in [1.82, 2.24) is 10.2 Å². The molecule has 0 aliphatic heterocycles. The van der Waals surface area contributed by atoms with Gasteiger partial charge in [-0.1, -0.05) is 13.8 Å². The van der Waals surface area contributed by atoms with Gasteiger partial charge in [0.25, 0.3) is 0 Å². The number of nitrogens with one attached hydrogen (secondary N) is 1. The largest absolute Gasteiger partial charge is 0.480 e. The fourth-order valence-electron chi connectivity index (χ4n) is 1.54. The Kier molecular flexibility index (Phi) is 8.11. The average molecular weight is 260 g/mol. The van der Waals surface area contributed by atoms with E-state index in [-0.39, 0.29) is 11.9 Å². The number of likely N-dealkylation sites (N-methyl/N-ethyl adjacent to an activating group) is 1. The van der Waals surface area contributed by atoms with Gasteiger partial charge < -0.3 is 20.1 Å². The van der Waals surface area contributed by atoms with Crippen molar-refractivity contribution < 1.29 is 19.4 Å². The number of carbonyl (C=O) groups is 2. The lowest BCUT2D eigenvalue weighted by Gasteiger charge is -2.24. The van der Waals surface area contributed by atoms with Crippen LogP contribution in [0.1, 0.15) is 27.2 Å². The second-order valence-corrected chi connectivity index (χ2v) is 4.54. The van der Waals surface area contributed by atoms with Gasteiger partial charge in [0.05, 0.1) is 6.61 Å². The minimum absolute atomic E-state index is 0.209. The average Bonchev–Trinajstić information content (AvgIpc) is 2.28. The molecule has 1 atom stereocenters. The van der Waals surface area contributed by atoms with Crippen molar-refractivity contribution >= 4 is 12.0 Å². The van der Waals surface area contributed by atoms with E-state index >= 15 is 0 Å². The Labute approximate surface area is 108 Å². The van der Waals surface area contributed by atoms with Crippen molar-refractivity contribution in [2.45, 2.75) is 33.2 Å². The number of hydrogen-bond acceptors (Lipinski definition) is 3. The Morgan fingerprint density at radius 2 is 2.00 bits per heavy atom. The van der Waals surface area contributed by atoms with Gasteiger partial charge >= 0.3 is 12.0 Å². The highest BCUT2D eigenvalue weighted by Crippen LogP contribution is 2.05. The Bertz CT molecular complexity index is 269. The zero-order valence-corrected chi connectivity index (χ0v) is 11.6. The number of ether oxygens (including phenoxy) is 1. The summed E-state index contributed by atoms with van der Waals surface area (Å²) in [6.07, 6.45) is 0.420. The van der Waals surface area contributed by atoms with Gasteiger partial charge in [-0.05, 0) is 19.3 Å². The number of rotatable bonds is 8. The Morgan fingerprint density at radius 1 is 1.39 bits per heavy atom. The number of amides is 2. The first kappa shape index (κ1) is 16.7. The van der Waals surface area contributed by atoms with Gasteiger partial charge in [-0.3, -0.25) is 0 Å². The van der Waals surface area contributed by atoms with Crippen molar-refractivity contribution in [3.8, 4) is 0 Å². The third kappa shape index (κ3) is 6.44. The zero-order valence-electron chi connectivity index (χ0n) is 11.6. The van der Waals surface area contributed by atoms with Crippen LogP contribution < -0.4 is 5.32 Å². The van der Waals surface area contributed by atoms with Crippen LogP contribution in [0.25, 0.3) is 0 Å². The van der Waals surface area contributed by atoms with E-state index in [0.717, 1.165) is 0 Å². The van der Waals surface area contributed by atoms with Crippen molar-refractivity contribution in [2.24, 2.45) is 5.92 Å². The summed E-state index contributed by atoms with van der Waals surface area (Å²) >= 11 is 0. The predicted molar refractivity (Wildman–Crippen MR) is 68.5 cm³/mol. The summed E-state index contributed by atoms with van der Waals surface area (Å²) in [5.74, 6) is -0.791. The third-order valence-corrected chi connectivity index (χ3v) is 2.54. The van der Waals surface area contributed by atoms with Crippen LogP contribution in [0.15, 0.2) is 0 Å². The summed E-state index contributed by atoms with van der Waals surface area (Å²) in [5, 5.41) is 11.6. The molecule has 0 fully saturated rings. The lowest BCUT2D eigenvalue weighted by Crippen LogP contribution is -2.49. The van der Waals surface area contributed by atoms with E-state index in [0.29, 0.717) is 26.1 Å².